The highest BCUT2D eigenvalue weighted by molar-refractivity contribution is 7.07. The summed E-state index contributed by atoms with van der Waals surface area (Å²) in [6, 6.07) is 2.83. The number of furan rings is 1. The smallest absolute Gasteiger partial charge is 0.475 e. The number of nitrogens with zero attached hydrogens (tertiary/aromatic N) is 3. The number of aliphatic carboxylic acids is 1. The predicted octanol–water partition coefficient (Wildman–Crippen LogP) is 2.86. The highest BCUT2D eigenvalue weighted by atomic mass is 32.1. The van der Waals surface area contributed by atoms with Crippen LogP contribution in [0, 0.1) is 0 Å². The van der Waals surface area contributed by atoms with Crippen LogP contribution in [0.3, 0.4) is 0 Å². The van der Waals surface area contributed by atoms with E-state index in [1.54, 1.807) is 18.0 Å². The number of carboxylic acids is 1. The van der Waals surface area contributed by atoms with E-state index in [-0.39, 0.29) is 5.91 Å². The molecular formula is C17H18F3N3O4S. The molecule has 2 atom stereocenters. The summed E-state index contributed by atoms with van der Waals surface area (Å²) in [5.41, 5.74) is 3.52. The summed E-state index contributed by atoms with van der Waals surface area (Å²) in [5, 5.41) is 8.97. The molecule has 1 amide bonds. The zero-order valence-corrected chi connectivity index (χ0v) is 15.4. The summed E-state index contributed by atoms with van der Waals surface area (Å²) in [4.78, 5) is 30.1. The van der Waals surface area contributed by atoms with Crippen molar-refractivity contribution in [3.05, 3.63) is 40.7 Å². The maximum atomic E-state index is 12.5. The third-order valence-corrected chi connectivity index (χ3v) is 5.40. The number of carbonyl (C=O) groups is 2. The molecule has 2 aromatic heterocycles. The number of thiazole rings is 1. The summed E-state index contributed by atoms with van der Waals surface area (Å²) >= 11 is 1.48. The van der Waals surface area contributed by atoms with Crippen LogP contribution in [0.25, 0.3) is 0 Å². The summed E-state index contributed by atoms with van der Waals surface area (Å²) < 4.78 is 36.9. The molecule has 152 valence electrons. The molecular weight excluding hydrogens is 399 g/mol. The van der Waals surface area contributed by atoms with E-state index in [1.807, 2.05) is 16.3 Å². The Morgan fingerprint density at radius 2 is 2.00 bits per heavy atom. The average molecular weight is 417 g/mol. The molecule has 2 saturated heterocycles. The molecule has 0 radical (unpaired) electrons. The second-order valence-corrected chi connectivity index (χ2v) is 7.21. The van der Waals surface area contributed by atoms with Gasteiger partial charge in [-0.1, -0.05) is 0 Å². The second kappa shape index (κ2) is 8.31. The molecule has 4 rings (SSSR count). The van der Waals surface area contributed by atoms with Crippen molar-refractivity contribution in [1.29, 1.82) is 0 Å². The first-order chi connectivity index (χ1) is 13.3. The molecule has 0 aromatic carbocycles. The Morgan fingerprint density at radius 3 is 2.57 bits per heavy atom. The van der Waals surface area contributed by atoms with Crippen molar-refractivity contribution in [3.8, 4) is 0 Å². The first-order valence-electron chi connectivity index (χ1n) is 8.51. The Morgan fingerprint density at radius 1 is 1.29 bits per heavy atom. The lowest BCUT2D eigenvalue weighted by molar-refractivity contribution is -0.192. The Bertz CT molecular complexity index is 795. The fraction of sp³-hybridized carbons (Fsp3) is 0.471. The molecule has 0 spiro atoms. The fourth-order valence-electron chi connectivity index (χ4n) is 3.61. The Kier molecular flexibility index (Phi) is 6.04. The van der Waals surface area contributed by atoms with Gasteiger partial charge in [-0.05, 0) is 18.9 Å². The quantitative estimate of drug-likeness (QED) is 0.827. The molecule has 2 aromatic rings. The standard InChI is InChI=1S/C15H17N3O2S.C2HF3O2/c19-15(12-9-21-10-16-12)18-5-2-13-14(18)1-4-17(13)7-11-3-6-20-8-11;3-2(4,5)1(6)7/h3,6,8-10,13-14H,1-2,4-5,7H2;(H,6,7)/t13-,14+;/m1./s1. The molecule has 2 aliphatic heterocycles. The van der Waals surface area contributed by atoms with Crippen LogP contribution in [0.1, 0.15) is 28.9 Å². The van der Waals surface area contributed by atoms with Gasteiger partial charge in [0.05, 0.1) is 18.0 Å². The molecule has 28 heavy (non-hydrogen) atoms. The van der Waals surface area contributed by atoms with E-state index in [1.165, 1.54) is 16.9 Å². The SMILES string of the molecule is O=C(O)C(F)(F)F.O=C(c1cscn1)N1CC[C@@H]2[C@@H]1CCN2Cc1ccoc1. The van der Waals surface area contributed by atoms with Gasteiger partial charge in [0, 0.05) is 42.7 Å². The van der Waals surface area contributed by atoms with Gasteiger partial charge in [0.15, 0.2) is 0 Å². The summed E-state index contributed by atoms with van der Waals surface area (Å²) in [6.45, 7) is 2.80. The number of alkyl halides is 3. The lowest BCUT2D eigenvalue weighted by Crippen LogP contribution is -2.39. The van der Waals surface area contributed by atoms with Gasteiger partial charge in [-0.25, -0.2) is 9.78 Å². The van der Waals surface area contributed by atoms with Crippen LogP contribution in [0.15, 0.2) is 33.9 Å². The van der Waals surface area contributed by atoms with Gasteiger partial charge in [0.1, 0.15) is 5.69 Å². The molecule has 2 fully saturated rings. The Hall–Kier alpha value is -2.40. The number of hydrogen-bond donors (Lipinski definition) is 1. The van der Waals surface area contributed by atoms with Crippen LogP contribution in [-0.2, 0) is 11.3 Å². The van der Waals surface area contributed by atoms with Gasteiger partial charge in [0.2, 0.25) is 0 Å². The van der Waals surface area contributed by atoms with Crippen LogP contribution >= 0.6 is 11.3 Å². The van der Waals surface area contributed by atoms with Crippen LogP contribution in [0.5, 0.6) is 0 Å². The number of hydrogen-bond acceptors (Lipinski definition) is 6. The number of carboxylic acid groups (broad SMARTS) is 1. The van der Waals surface area contributed by atoms with E-state index in [0.29, 0.717) is 17.8 Å². The van der Waals surface area contributed by atoms with Crippen LogP contribution < -0.4 is 0 Å². The van der Waals surface area contributed by atoms with Gasteiger partial charge >= 0.3 is 12.1 Å². The minimum absolute atomic E-state index is 0.0916. The number of likely N-dealkylation sites (tertiary alicyclic amines) is 2. The first kappa shape index (κ1) is 20.3. The van der Waals surface area contributed by atoms with Crippen molar-refractivity contribution in [2.45, 2.75) is 37.6 Å². The molecule has 2 aliphatic rings. The van der Waals surface area contributed by atoms with Crippen LogP contribution in [0.4, 0.5) is 13.2 Å². The van der Waals surface area contributed by atoms with E-state index in [0.717, 1.165) is 32.5 Å². The second-order valence-electron chi connectivity index (χ2n) is 6.49. The maximum absolute atomic E-state index is 12.5. The van der Waals surface area contributed by atoms with E-state index < -0.39 is 12.1 Å². The maximum Gasteiger partial charge on any atom is 0.490 e. The molecule has 7 nitrogen and oxygen atoms in total. The van der Waals surface area contributed by atoms with Crippen LogP contribution in [-0.4, -0.2) is 63.1 Å². The van der Waals surface area contributed by atoms with Crippen molar-refractivity contribution >= 4 is 23.2 Å². The van der Waals surface area contributed by atoms with Gasteiger partial charge in [-0.3, -0.25) is 9.69 Å². The number of fused-ring (bicyclic) bond motifs is 1. The Labute approximate surface area is 162 Å². The van der Waals surface area contributed by atoms with Gasteiger partial charge in [-0.2, -0.15) is 13.2 Å². The number of halogens is 3. The monoisotopic (exact) mass is 417 g/mol. The molecule has 0 unspecified atom stereocenters. The Balaban J connectivity index is 0.000000279. The molecule has 0 aliphatic carbocycles. The van der Waals surface area contributed by atoms with Crippen LogP contribution in [0.2, 0.25) is 0 Å². The number of rotatable bonds is 3. The van der Waals surface area contributed by atoms with E-state index >= 15 is 0 Å². The lowest BCUT2D eigenvalue weighted by atomic mass is 10.1. The first-order valence-corrected chi connectivity index (χ1v) is 9.46. The number of carbonyl (C=O) groups excluding carboxylic acids is 1. The topological polar surface area (TPSA) is 86.9 Å². The van der Waals surface area contributed by atoms with E-state index in [2.05, 4.69) is 9.88 Å². The molecule has 11 heteroatoms. The fourth-order valence-corrected chi connectivity index (χ4v) is 4.13. The third-order valence-electron chi connectivity index (χ3n) is 4.81. The number of aromatic nitrogens is 1. The zero-order valence-electron chi connectivity index (χ0n) is 14.6. The van der Waals surface area contributed by atoms with Crippen molar-refractivity contribution in [2.75, 3.05) is 13.1 Å². The minimum atomic E-state index is -5.08. The third kappa shape index (κ3) is 4.53. The molecule has 4 heterocycles. The molecule has 0 bridgehead atoms. The van der Waals surface area contributed by atoms with E-state index in [4.69, 9.17) is 14.3 Å². The van der Waals surface area contributed by atoms with Gasteiger partial charge in [-0.15, -0.1) is 11.3 Å². The molecule has 1 N–H and O–H groups in total. The largest absolute Gasteiger partial charge is 0.490 e. The van der Waals surface area contributed by atoms with Crippen molar-refractivity contribution < 1.29 is 32.3 Å². The van der Waals surface area contributed by atoms with Crippen molar-refractivity contribution in [3.63, 3.8) is 0 Å². The lowest BCUT2D eigenvalue weighted by Gasteiger charge is -2.25. The van der Waals surface area contributed by atoms with E-state index in [9.17, 15) is 18.0 Å². The predicted molar refractivity (Wildman–Crippen MR) is 92.8 cm³/mol. The highest BCUT2D eigenvalue weighted by Crippen LogP contribution is 2.33. The normalized spacial score (nSPS) is 21.9. The minimum Gasteiger partial charge on any atom is -0.475 e. The van der Waals surface area contributed by atoms with Crippen molar-refractivity contribution in [1.82, 2.24) is 14.8 Å². The van der Waals surface area contributed by atoms with Gasteiger partial charge < -0.3 is 14.4 Å². The number of amides is 1. The highest BCUT2D eigenvalue weighted by Gasteiger charge is 2.44. The van der Waals surface area contributed by atoms with Crippen molar-refractivity contribution in [2.24, 2.45) is 0 Å². The zero-order chi connectivity index (χ0) is 20.3. The summed E-state index contributed by atoms with van der Waals surface area (Å²) in [7, 11) is 0. The molecule has 0 saturated carbocycles. The van der Waals surface area contributed by atoms with Gasteiger partial charge in [0.25, 0.3) is 5.91 Å². The average Bonchev–Trinajstić information content (AvgIpc) is 3.42. The summed E-state index contributed by atoms with van der Waals surface area (Å²) in [5.74, 6) is -2.67. The summed E-state index contributed by atoms with van der Waals surface area (Å²) in [6.07, 6.45) is 0.548.